The van der Waals surface area contributed by atoms with Crippen molar-refractivity contribution in [2.45, 2.75) is 16.5 Å². The Morgan fingerprint density at radius 1 is 1.05 bits per heavy atom. The molecule has 0 aromatic heterocycles. The highest BCUT2D eigenvalue weighted by Crippen LogP contribution is 2.44. The lowest BCUT2D eigenvalue weighted by atomic mass is 9.75. The van der Waals surface area contributed by atoms with Crippen LogP contribution >= 0.6 is 11.6 Å². The molecule has 20 heavy (non-hydrogen) atoms. The van der Waals surface area contributed by atoms with Gasteiger partial charge < -0.3 is 5.11 Å². The van der Waals surface area contributed by atoms with Crippen LogP contribution in [-0.4, -0.2) is 22.1 Å². The molecule has 0 spiro atoms. The lowest BCUT2D eigenvalue weighted by Gasteiger charge is -2.32. The molecule has 0 aliphatic heterocycles. The Hall–Kier alpha value is -1.75. The van der Waals surface area contributed by atoms with Crippen molar-refractivity contribution >= 4 is 17.6 Å². The van der Waals surface area contributed by atoms with Gasteiger partial charge in [-0.25, -0.2) is 0 Å². The molecular weight excluding hydrogens is 293 g/mol. The zero-order chi connectivity index (χ0) is 15.0. The predicted octanol–water partition coefficient (Wildman–Crippen LogP) is 3.67. The number of rotatable bonds is 2. The molecule has 0 heterocycles. The minimum absolute atomic E-state index is 0.362. The summed E-state index contributed by atoms with van der Waals surface area (Å²) in [6, 6.07) is 8.01. The van der Waals surface area contributed by atoms with Gasteiger partial charge in [-0.15, -0.1) is 11.6 Å². The first-order valence-corrected chi connectivity index (χ1v) is 6.04. The van der Waals surface area contributed by atoms with Gasteiger partial charge in [-0.1, -0.05) is 54.6 Å². The topological polar surface area (TPSA) is 37.3 Å². The largest absolute Gasteiger partial charge is 0.480 e. The number of benzene rings is 1. The summed E-state index contributed by atoms with van der Waals surface area (Å²) in [5, 5.41) is 9.39. The molecule has 2 rings (SSSR count). The molecule has 0 radical (unpaired) electrons. The summed E-state index contributed by atoms with van der Waals surface area (Å²) in [6.07, 6.45) is -1.38. The molecule has 0 atom stereocenters. The zero-order valence-electron chi connectivity index (χ0n) is 10.1. The Balaban J connectivity index is 2.50. The van der Waals surface area contributed by atoms with Crippen molar-refractivity contribution in [2.75, 3.05) is 0 Å². The van der Waals surface area contributed by atoms with Gasteiger partial charge in [-0.3, -0.25) is 4.79 Å². The molecular formula is C14H10ClF3O2. The number of halogens is 4. The molecule has 0 saturated heterocycles. The Labute approximate surface area is 118 Å². The summed E-state index contributed by atoms with van der Waals surface area (Å²) in [4.78, 5) is 8.84. The van der Waals surface area contributed by atoms with Crippen LogP contribution in [0.1, 0.15) is 5.56 Å². The van der Waals surface area contributed by atoms with Gasteiger partial charge >= 0.3 is 12.1 Å². The van der Waals surface area contributed by atoms with Gasteiger partial charge in [0.15, 0.2) is 4.87 Å². The third kappa shape index (κ3) is 2.22. The molecule has 0 unspecified atom stereocenters. The number of carbonyl (C=O) groups is 1. The molecule has 1 aliphatic rings. The molecule has 6 heteroatoms. The second-order valence-electron chi connectivity index (χ2n) is 4.47. The first kappa shape index (κ1) is 14.7. The minimum atomic E-state index is -4.69. The predicted molar refractivity (Wildman–Crippen MR) is 68.7 cm³/mol. The van der Waals surface area contributed by atoms with E-state index in [2.05, 4.69) is 0 Å². The van der Waals surface area contributed by atoms with E-state index in [9.17, 15) is 23.1 Å². The van der Waals surface area contributed by atoms with E-state index in [1.807, 2.05) is 0 Å². The Kier molecular flexibility index (Phi) is 3.42. The maximum Gasteiger partial charge on any atom is 0.414 e. The summed E-state index contributed by atoms with van der Waals surface area (Å²) < 4.78 is 38.4. The van der Waals surface area contributed by atoms with Crippen LogP contribution in [-0.2, 0) is 10.2 Å². The Bertz CT molecular complexity index is 562. The van der Waals surface area contributed by atoms with Gasteiger partial charge in [0.25, 0.3) is 0 Å². The number of hydrogen-bond donors (Lipinski definition) is 1. The van der Waals surface area contributed by atoms with Gasteiger partial charge in [0, 0.05) is 0 Å². The molecule has 0 saturated carbocycles. The van der Waals surface area contributed by atoms with Gasteiger partial charge in [-0.05, 0) is 5.56 Å². The maximum absolute atomic E-state index is 12.8. The molecule has 0 fully saturated rings. The summed E-state index contributed by atoms with van der Waals surface area (Å²) in [7, 11) is 0. The third-order valence-electron chi connectivity index (χ3n) is 3.22. The van der Waals surface area contributed by atoms with Crippen molar-refractivity contribution in [1.29, 1.82) is 0 Å². The smallest absolute Gasteiger partial charge is 0.414 e. The average molecular weight is 303 g/mol. The fourth-order valence-electron chi connectivity index (χ4n) is 1.98. The highest BCUT2D eigenvalue weighted by atomic mass is 35.5. The van der Waals surface area contributed by atoms with E-state index in [1.165, 1.54) is 12.1 Å². The van der Waals surface area contributed by atoms with Crippen LogP contribution in [0.5, 0.6) is 0 Å². The van der Waals surface area contributed by atoms with Gasteiger partial charge in [0.05, 0.1) is 0 Å². The summed E-state index contributed by atoms with van der Waals surface area (Å²) in [6.45, 7) is 0. The van der Waals surface area contributed by atoms with E-state index in [4.69, 9.17) is 11.6 Å². The average Bonchev–Trinajstić information content (AvgIpc) is 2.39. The molecule has 0 amide bonds. The van der Waals surface area contributed by atoms with Crippen LogP contribution in [0.3, 0.4) is 0 Å². The van der Waals surface area contributed by atoms with Crippen molar-refractivity contribution < 1.29 is 23.1 Å². The first-order chi connectivity index (χ1) is 9.21. The fourth-order valence-corrected chi connectivity index (χ4v) is 2.10. The van der Waals surface area contributed by atoms with E-state index >= 15 is 0 Å². The highest BCUT2D eigenvalue weighted by molar-refractivity contribution is 6.27. The molecule has 0 bridgehead atoms. The minimum Gasteiger partial charge on any atom is -0.480 e. The summed E-state index contributed by atoms with van der Waals surface area (Å²) in [5.41, 5.74) is -1.27. The van der Waals surface area contributed by atoms with Crippen molar-refractivity contribution in [1.82, 2.24) is 0 Å². The van der Waals surface area contributed by atoms with E-state index in [0.29, 0.717) is 17.7 Å². The van der Waals surface area contributed by atoms with Crippen molar-refractivity contribution in [3.05, 3.63) is 60.2 Å². The SMILES string of the molecule is O=C(O)C1(c2ccccc2)C=CC(Cl)(C(F)(F)F)C=C1. The molecule has 2 nitrogen and oxygen atoms in total. The zero-order valence-corrected chi connectivity index (χ0v) is 10.8. The fraction of sp³-hybridized carbons (Fsp3) is 0.214. The molecule has 1 N–H and O–H groups in total. The van der Waals surface area contributed by atoms with Crippen molar-refractivity contribution in [3.8, 4) is 0 Å². The third-order valence-corrected chi connectivity index (χ3v) is 3.68. The standard InChI is InChI=1S/C14H10ClF3O2/c15-13(14(16,17)18)8-6-12(7-9-13,11(19)20)10-4-2-1-3-5-10/h1-9H,(H,19,20). The number of aliphatic carboxylic acids is 1. The monoisotopic (exact) mass is 302 g/mol. The lowest BCUT2D eigenvalue weighted by molar-refractivity contribution is -0.143. The van der Waals surface area contributed by atoms with Gasteiger partial charge in [-0.2, -0.15) is 13.2 Å². The maximum atomic E-state index is 12.8. The lowest BCUT2D eigenvalue weighted by Crippen LogP contribution is -2.42. The Morgan fingerprint density at radius 3 is 1.95 bits per heavy atom. The van der Waals surface area contributed by atoms with E-state index < -0.39 is 22.4 Å². The van der Waals surface area contributed by atoms with Crippen LogP contribution < -0.4 is 0 Å². The quantitative estimate of drug-likeness (QED) is 0.668. The molecule has 1 aromatic rings. The normalized spacial score (nSPS) is 29.4. The van der Waals surface area contributed by atoms with Gasteiger partial charge in [0.1, 0.15) is 5.41 Å². The van der Waals surface area contributed by atoms with Gasteiger partial charge in [0.2, 0.25) is 0 Å². The van der Waals surface area contributed by atoms with E-state index in [0.717, 1.165) is 12.2 Å². The molecule has 106 valence electrons. The number of allylic oxidation sites excluding steroid dienone is 2. The van der Waals surface area contributed by atoms with Crippen LogP contribution in [0.2, 0.25) is 0 Å². The number of carboxylic acid groups (broad SMARTS) is 1. The van der Waals surface area contributed by atoms with Crippen LogP contribution in [0.4, 0.5) is 13.2 Å². The van der Waals surface area contributed by atoms with E-state index in [-0.39, 0.29) is 0 Å². The van der Waals surface area contributed by atoms with E-state index in [1.54, 1.807) is 18.2 Å². The van der Waals surface area contributed by atoms with Crippen LogP contribution in [0.15, 0.2) is 54.6 Å². The van der Waals surface area contributed by atoms with Crippen LogP contribution in [0, 0.1) is 0 Å². The number of alkyl halides is 4. The molecule has 1 aliphatic carbocycles. The first-order valence-electron chi connectivity index (χ1n) is 5.67. The molecule has 1 aromatic carbocycles. The van der Waals surface area contributed by atoms with Crippen molar-refractivity contribution in [2.24, 2.45) is 0 Å². The summed E-state index contributed by atoms with van der Waals surface area (Å²) >= 11 is 5.48. The second kappa shape index (κ2) is 4.66. The van der Waals surface area contributed by atoms with Crippen LogP contribution in [0.25, 0.3) is 0 Å². The second-order valence-corrected chi connectivity index (χ2v) is 5.10. The number of hydrogen-bond acceptors (Lipinski definition) is 1. The number of carboxylic acids is 1. The van der Waals surface area contributed by atoms with Crippen molar-refractivity contribution in [3.63, 3.8) is 0 Å². The Morgan fingerprint density at radius 2 is 1.55 bits per heavy atom. The summed E-state index contributed by atoms with van der Waals surface area (Å²) in [5.74, 6) is -1.27. The highest BCUT2D eigenvalue weighted by Gasteiger charge is 2.53.